The number of hydrogen-bond acceptors (Lipinski definition) is 4. The molecule has 0 atom stereocenters. The molecule has 0 saturated heterocycles. The van der Waals surface area contributed by atoms with Crippen molar-refractivity contribution in [3.63, 3.8) is 0 Å². The summed E-state index contributed by atoms with van der Waals surface area (Å²) in [5.74, 6) is 0.0578. The summed E-state index contributed by atoms with van der Waals surface area (Å²) in [5, 5.41) is 11.2. The monoisotopic (exact) mass is 237 g/mol. The topological polar surface area (TPSA) is 118 Å². The Kier molecular flexibility index (Phi) is 4.74. The number of nitrogens with two attached hydrogens (primary N) is 2. The molecule has 2 amide bonds. The Morgan fingerprint density at radius 3 is 2.82 bits per heavy atom. The van der Waals surface area contributed by atoms with E-state index in [0.29, 0.717) is 13.1 Å². The van der Waals surface area contributed by atoms with Crippen LogP contribution in [0.25, 0.3) is 0 Å². The molecule has 1 aromatic rings. The van der Waals surface area contributed by atoms with Gasteiger partial charge < -0.3 is 21.6 Å². The highest BCUT2D eigenvalue weighted by molar-refractivity contribution is 5.80. The molecule has 92 valence electrons. The van der Waals surface area contributed by atoms with E-state index in [2.05, 4.69) is 10.1 Å². The van der Waals surface area contributed by atoms with E-state index in [4.69, 9.17) is 16.7 Å². The third-order valence-electron chi connectivity index (χ3n) is 2.17. The molecule has 17 heavy (non-hydrogen) atoms. The maximum atomic E-state index is 11.2. The summed E-state index contributed by atoms with van der Waals surface area (Å²) in [5.41, 5.74) is 11.4. The Bertz CT molecular complexity index is 393. The Hall–Kier alpha value is -2.31. The van der Waals surface area contributed by atoms with Crippen LogP contribution in [0.1, 0.15) is 12.0 Å². The molecular formula is C10H15N5O2. The van der Waals surface area contributed by atoms with Gasteiger partial charge in [-0.15, -0.1) is 0 Å². The van der Waals surface area contributed by atoms with E-state index in [9.17, 15) is 4.79 Å². The van der Waals surface area contributed by atoms with Crippen molar-refractivity contribution in [3.8, 4) is 0 Å². The molecule has 0 bridgehead atoms. The summed E-state index contributed by atoms with van der Waals surface area (Å²) in [6.07, 6.45) is 3.56. The first-order chi connectivity index (χ1) is 8.13. The predicted octanol–water partition coefficient (Wildman–Crippen LogP) is 0.0988. The lowest BCUT2D eigenvalue weighted by atomic mass is 10.2. The summed E-state index contributed by atoms with van der Waals surface area (Å²) >= 11 is 0. The molecular weight excluding hydrogens is 222 g/mol. The number of carbonyl (C=O) groups excluding carboxylic acids is 1. The van der Waals surface area contributed by atoms with Crippen LogP contribution < -0.4 is 11.5 Å². The highest BCUT2D eigenvalue weighted by Crippen LogP contribution is 2.03. The van der Waals surface area contributed by atoms with Crippen molar-refractivity contribution in [1.29, 1.82) is 0 Å². The van der Waals surface area contributed by atoms with Crippen molar-refractivity contribution >= 4 is 11.9 Å². The molecule has 1 aromatic heterocycles. The molecule has 0 radical (unpaired) electrons. The summed E-state index contributed by atoms with van der Waals surface area (Å²) < 4.78 is 0. The second kappa shape index (κ2) is 6.31. The lowest BCUT2D eigenvalue weighted by molar-refractivity contribution is 0.206. The van der Waals surface area contributed by atoms with E-state index in [1.165, 1.54) is 4.90 Å². The average Bonchev–Trinajstić information content (AvgIpc) is 2.34. The zero-order chi connectivity index (χ0) is 12.7. The fourth-order valence-electron chi connectivity index (χ4n) is 1.28. The lowest BCUT2D eigenvalue weighted by Gasteiger charge is -2.19. The minimum atomic E-state index is -0.556. The van der Waals surface area contributed by atoms with Crippen LogP contribution in [0.5, 0.6) is 0 Å². The molecule has 5 N–H and O–H groups in total. The van der Waals surface area contributed by atoms with Gasteiger partial charge in [-0.3, -0.25) is 4.98 Å². The standard InChI is InChI=1S/C10H15N5O2/c11-9(14-17)3-5-15(10(12)16)7-8-2-1-4-13-6-8/h1-2,4,6,17H,3,5,7H2,(H2,11,14)(H2,12,16). The average molecular weight is 237 g/mol. The van der Waals surface area contributed by atoms with Gasteiger partial charge in [0.1, 0.15) is 5.84 Å². The van der Waals surface area contributed by atoms with Crippen LogP contribution in [-0.4, -0.2) is 33.5 Å². The van der Waals surface area contributed by atoms with Gasteiger partial charge in [-0.25, -0.2) is 4.79 Å². The molecule has 7 nitrogen and oxygen atoms in total. The second-order valence-corrected chi connectivity index (χ2v) is 3.46. The third-order valence-corrected chi connectivity index (χ3v) is 2.17. The van der Waals surface area contributed by atoms with Gasteiger partial charge in [-0.1, -0.05) is 11.2 Å². The molecule has 0 fully saturated rings. The van der Waals surface area contributed by atoms with E-state index < -0.39 is 6.03 Å². The Morgan fingerprint density at radius 1 is 1.53 bits per heavy atom. The van der Waals surface area contributed by atoms with E-state index in [1.807, 2.05) is 6.07 Å². The van der Waals surface area contributed by atoms with Crippen LogP contribution in [0.3, 0.4) is 0 Å². The maximum Gasteiger partial charge on any atom is 0.315 e. The minimum absolute atomic E-state index is 0.0578. The number of amides is 2. The largest absolute Gasteiger partial charge is 0.409 e. The Labute approximate surface area is 98.7 Å². The molecule has 0 aliphatic heterocycles. The zero-order valence-electron chi connectivity index (χ0n) is 9.28. The zero-order valence-corrected chi connectivity index (χ0v) is 9.28. The van der Waals surface area contributed by atoms with Crippen LogP contribution >= 0.6 is 0 Å². The molecule has 0 saturated carbocycles. The van der Waals surface area contributed by atoms with Crippen molar-refractivity contribution < 1.29 is 10.0 Å². The van der Waals surface area contributed by atoms with Gasteiger partial charge in [0.2, 0.25) is 0 Å². The quantitative estimate of drug-likeness (QED) is 0.291. The maximum absolute atomic E-state index is 11.2. The van der Waals surface area contributed by atoms with E-state index >= 15 is 0 Å². The molecule has 1 heterocycles. The number of primary amides is 1. The first kappa shape index (κ1) is 12.8. The van der Waals surface area contributed by atoms with Crippen molar-refractivity contribution in [2.45, 2.75) is 13.0 Å². The third kappa shape index (κ3) is 4.37. The van der Waals surface area contributed by atoms with Gasteiger partial charge in [-0.2, -0.15) is 0 Å². The van der Waals surface area contributed by atoms with Crippen molar-refractivity contribution in [2.24, 2.45) is 16.6 Å². The number of hydrogen-bond donors (Lipinski definition) is 3. The van der Waals surface area contributed by atoms with Crippen LogP contribution in [0.4, 0.5) is 4.79 Å². The van der Waals surface area contributed by atoms with E-state index in [-0.39, 0.29) is 12.3 Å². The van der Waals surface area contributed by atoms with Crippen LogP contribution in [-0.2, 0) is 6.54 Å². The van der Waals surface area contributed by atoms with E-state index in [1.54, 1.807) is 18.5 Å². The van der Waals surface area contributed by atoms with Crippen LogP contribution in [0.15, 0.2) is 29.7 Å². The smallest absolute Gasteiger partial charge is 0.315 e. The number of carbonyl (C=O) groups is 1. The van der Waals surface area contributed by atoms with Gasteiger partial charge in [0.15, 0.2) is 0 Å². The molecule has 0 spiro atoms. The summed E-state index contributed by atoms with van der Waals surface area (Å²) in [7, 11) is 0. The van der Waals surface area contributed by atoms with Crippen molar-refractivity contribution in [2.75, 3.05) is 6.54 Å². The number of nitrogens with zero attached hydrogens (tertiary/aromatic N) is 3. The van der Waals surface area contributed by atoms with Crippen LogP contribution in [0, 0.1) is 0 Å². The van der Waals surface area contributed by atoms with Gasteiger partial charge in [0, 0.05) is 31.9 Å². The highest BCUT2D eigenvalue weighted by atomic mass is 16.4. The molecule has 7 heteroatoms. The fourth-order valence-corrected chi connectivity index (χ4v) is 1.28. The number of urea groups is 1. The first-order valence-electron chi connectivity index (χ1n) is 5.03. The molecule has 0 aliphatic rings. The number of amidine groups is 1. The predicted molar refractivity (Wildman–Crippen MR) is 62.3 cm³/mol. The molecule has 0 aliphatic carbocycles. The first-order valence-corrected chi connectivity index (χ1v) is 5.03. The van der Waals surface area contributed by atoms with Gasteiger partial charge >= 0.3 is 6.03 Å². The number of oxime groups is 1. The molecule has 0 aromatic carbocycles. The van der Waals surface area contributed by atoms with Crippen LogP contribution in [0.2, 0.25) is 0 Å². The van der Waals surface area contributed by atoms with Crippen molar-refractivity contribution in [3.05, 3.63) is 30.1 Å². The number of rotatable bonds is 5. The van der Waals surface area contributed by atoms with Gasteiger partial charge in [0.05, 0.1) is 0 Å². The SMILES string of the molecule is NC(=O)N(CC/C(N)=N/O)Cc1cccnc1. The number of pyridine rings is 1. The second-order valence-electron chi connectivity index (χ2n) is 3.46. The van der Waals surface area contributed by atoms with Gasteiger partial charge in [-0.05, 0) is 11.6 Å². The molecule has 1 rings (SSSR count). The van der Waals surface area contributed by atoms with E-state index in [0.717, 1.165) is 5.56 Å². The lowest BCUT2D eigenvalue weighted by Crippen LogP contribution is -2.37. The Balaban J connectivity index is 2.58. The summed E-state index contributed by atoms with van der Waals surface area (Å²) in [6.45, 7) is 0.641. The molecule has 0 unspecified atom stereocenters. The van der Waals surface area contributed by atoms with Crippen molar-refractivity contribution in [1.82, 2.24) is 9.88 Å². The number of aromatic nitrogens is 1. The normalized spacial score (nSPS) is 11.2. The summed E-state index contributed by atoms with van der Waals surface area (Å²) in [6, 6.07) is 3.06. The Morgan fingerprint density at radius 2 is 2.29 bits per heavy atom. The minimum Gasteiger partial charge on any atom is -0.409 e. The summed E-state index contributed by atoms with van der Waals surface area (Å²) in [4.78, 5) is 16.5. The fraction of sp³-hybridized carbons (Fsp3) is 0.300. The highest BCUT2D eigenvalue weighted by Gasteiger charge is 2.10. The van der Waals surface area contributed by atoms with Gasteiger partial charge in [0.25, 0.3) is 0 Å².